The van der Waals surface area contributed by atoms with Gasteiger partial charge in [-0.25, -0.2) is 0 Å². The van der Waals surface area contributed by atoms with Gasteiger partial charge < -0.3 is 14.4 Å². The number of likely N-dealkylation sites (tertiary alicyclic amines) is 1. The maximum absolute atomic E-state index is 12.7. The maximum atomic E-state index is 12.7. The van der Waals surface area contributed by atoms with Crippen LogP contribution in [0, 0.1) is 5.92 Å². The average molecular weight is 343 g/mol. The summed E-state index contributed by atoms with van der Waals surface area (Å²) in [7, 11) is 0. The first kappa shape index (κ1) is 16.5. The Kier molecular flexibility index (Phi) is 4.72. The molecule has 25 heavy (non-hydrogen) atoms. The summed E-state index contributed by atoms with van der Waals surface area (Å²) in [6.45, 7) is 5.88. The quantitative estimate of drug-likeness (QED) is 0.846. The normalized spacial score (nSPS) is 22.5. The molecule has 3 aliphatic heterocycles. The molecule has 1 aromatic rings. The first-order chi connectivity index (χ1) is 12.2. The van der Waals surface area contributed by atoms with Gasteiger partial charge in [-0.05, 0) is 44.0 Å². The van der Waals surface area contributed by atoms with E-state index in [1.165, 1.54) is 0 Å². The number of hydrogen-bond acceptors (Lipinski definition) is 5. The van der Waals surface area contributed by atoms with Gasteiger partial charge in [0.25, 0.3) is 5.91 Å². The van der Waals surface area contributed by atoms with Crippen molar-refractivity contribution in [3.05, 3.63) is 29.8 Å². The minimum absolute atomic E-state index is 0.0685. The van der Waals surface area contributed by atoms with Crippen LogP contribution in [-0.2, 0) is 9.47 Å². The third-order valence-electron chi connectivity index (χ3n) is 5.25. The number of amides is 1. The van der Waals surface area contributed by atoms with Gasteiger partial charge in [-0.3, -0.25) is 9.80 Å². The van der Waals surface area contributed by atoms with Crippen LogP contribution in [0.15, 0.2) is 29.4 Å². The molecular weight excluding hydrogens is 318 g/mol. The highest BCUT2D eigenvalue weighted by Gasteiger charge is 2.32. The van der Waals surface area contributed by atoms with Crippen LogP contribution in [0.2, 0.25) is 0 Å². The second-order valence-electron chi connectivity index (χ2n) is 6.99. The lowest BCUT2D eigenvalue weighted by Crippen LogP contribution is -2.41. The van der Waals surface area contributed by atoms with Gasteiger partial charge in [0.15, 0.2) is 6.29 Å². The van der Waals surface area contributed by atoms with Crippen LogP contribution < -0.4 is 5.01 Å². The Balaban J connectivity index is 1.35. The average Bonchev–Trinajstić information content (AvgIpc) is 3.33. The summed E-state index contributed by atoms with van der Waals surface area (Å²) in [5.41, 5.74) is 2.94. The standard InChI is InChI=1S/C19H25N3O3/c1-14-6-11-22(20-14)17-4-2-15(3-5-17)18(23)21-9-7-16(8-10-21)19-24-12-13-25-19/h2-5,16,19H,6-13H2,1H3. The topological polar surface area (TPSA) is 54.4 Å². The zero-order valence-electron chi connectivity index (χ0n) is 14.7. The number of carbonyl (C=O) groups is 1. The molecular formula is C19H25N3O3. The molecule has 6 heteroatoms. The number of rotatable bonds is 3. The highest BCUT2D eigenvalue weighted by molar-refractivity contribution is 5.94. The molecule has 0 spiro atoms. The van der Waals surface area contributed by atoms with E-state index in [-0.39, 0.29) is 12.2 Å². The van der Waals surface area contributed by atoms with Crippen LogP contribution in [0.25, 0.3) is 0 Å². The summed E-state index contributed by atoms with van der Waals surface area (Å²) < 4.78 is 11.2. The van der Waals surface area contributed by atoms with Crippen molar-refractivity contribution < 1.29 is 14.3 Å². The summed E-state index contributed by atoms with van der Waals surface area (Å²) in [6, 6.07) is 7.80. The van der Waals surface area contributed by atoms with Gasteiger partial charge in [0.2, 0.25) is 0 Å². The number of anilines is 1. The summed E-state index contributed by atoms with van der Waals surface area (Å²) in [6.07, 6.45) is 2.82. The van der Waals surface area contributed by atoms with Crippen molar-refractivity contribution in [3.8, 4) is 0 Å². The summed E-state index contributed by atoms with van der Waals surface area (Å²) >= 11 is 0. The van der Waals surface area contributed by atoms with E-state index in [0.717, 1.165) is 55.9 Å². The number of carbonyl (C=O) groups excluding carboxylic acids is 1. The van der Waals surface area contributed by atoms with E-state index in [1.54, 1.807) is 0 Å². The molecule has 2 saturated heterocycles. The molecule has 3 heterocycles. The van der Waals surface area contributed by atoms with Crippen molar-refractivity contribution in [2.75, 3.05) is 37.9 Å². The first-order valence-electron chi connectivity index (χ1n) is 9.15. The van der Waals surface area contributed by atoms with Crippen LogP contribution in [-0.4, -0.2) is 55.7 Å². The summed E-state index contributed by atoms with van der Waals surface area (Å²) in [4.78, 5) is 14.7. The molecule has 4 rings (SSSR count). The predicted octanol–water partition coefficient (Wildman–Crippen LogP) is 2.50. The van der Waals surface area contributed by atoms with Crippen LogP contribution >= 0.6 is 0 Å². The van der Waals surface area contributed by atoms with E-state index in [2.05, 4.69) is 5.10 Å². The second-order valence-corrected chi connectivity index (χ2v) is 6.99. The van der Waals surface area contributed by atoms with Gasteiger partial charge in [0.05, 0.1) is 18.9 Å². The molecule has 134 valence electrons. The third-order valence-corrected chi connectivity index (χ3v) is 5.25. The fourth-order valence-corrected chi connectivity index (χ4v) is 3.74. The molecule has 0 aliphatic carbocycles. The van der Waals surface area contributed by atoms with Crippen molar-refractivity contribution >= 4 is 17.3 Å². The van der Waals surface area contributed by atoms with Crippen LogP contribution in [0.3, 0.4) is 0 Å². The van der Waals surface area contributed by atoms with Gasteiger partial charge in [-0.15, -0.1) is 0 Å². The molecule has 0 unspecified atom stereocenters. The Morgan fingerprint density at radius 1 is 1.08 bits per heavy atom. The molecule has 0 radical (unpaired) electrons. The Hall–Kier alpha value is -1.92. The second kappa shape index (κ2) is 7.14. The smallest absolute Gasteiger partial charge is 0.253 e. The molecule has 1 aromatic carbocycles. The van der Waals surface area contributed by atoms with E-state index in [9.17, 15) is 4.79 Å². The SMILES string of the molecule is CC1=NN(c2ccc(C(=O)N3CCC(C4OCCO4)CC3)cc2)CC1. The van der Waals surface area contributed by atoms with Crippen molar-refractivity contribution in [1.82, 2.24) is 4.90 Å². The molecule has 6 nitrogen and oxygen atoms in total. The van der Waals surface area contributed by atoms with E-state index in [1.807, 2.05) is 41.1 Å². The predicted molar refractivity (Wildman–Crippen MR) is 95.8 cm³/mol. The number of hydrazone groups is 1. The zero-order chi connectivity index (χ0) is 17.2. The van der Waals surface area contributed by atoms with Crippen LogP contribution in [0.5, 0.6) is 0 Å². The number of nitrogens with zero attached hydrogens (tertiary/aromatic N) is 3. The Bertz CT molecular complexity index is 644. The number of benzene rings is 1. The molecule has 2 fully saturated rings. The monoisotopic (exact) mass is 343 g/mol. The van der Waals surface area contributed by atoms with Crippen molar-refractivity contribution in [2.45, 2.75) is 32.5 Å². The number of hydrogen-bond donors (Lipinski definition) is 0. The number of piperidine rings is 1. The minimum atomic E-state index is -0.0685. The fourth-order valence-electron chi connectivity index (χ4n) is 3.74. The first-order valence-corrected chi connectivity index (χ1v) is 9.15. The van der Waals surface area contributed by atoms with Crippen LogP contribution in [0.4, 0.5) is 5.69 Å². The van der Waals surface area contributed by atoms with Gasteiger partial charge in [0, 0.05) is 43.2 Å². The van der Waals surface area contributed by atoms with Crippen molar-refractivity contribution in [1.29, 1.82) is 0 Å². The lowest BCUT2D eigenvalue weighted by molar-refractivity contribution is -0.0956. The molecule has 0 atom stereocenters. The fraction of sp³-hybridized carbons (Fsp3) is 0.579. The Labute approximate surface area is 148 Å². The molecule has 1 amide bonds. The maximum Gasteiger partial charge on any atom is 0.253 e. The van der Waals surface area contributed by atoms with E-state index in [0.29, 0.717) is 19.1 Å². The van der Waals surface area contributed by atoms with Gasteiger partial charge in [-0.2, -0.15) is 5.10 Å². The highest BCUT2D eigenvalue weighted by Crippen LogP contribution is 2.27. The molecule has 0 bridgehead atoms. The molecule has 0 aromatic heterocycles. The number of ether oxygens (including phenoxy) is 2. The highest BCUT2D eigenvalue weighted by atomic mass is 16.7. The minimum Gasteiger partial charge on any atom is -0.350 e. The van der Waals surface area contributed by atoms with E-state index >= 15 is 0 Å². The Morgan fingerprint density at radius 3 is 2.36 bits per heavy atom. The van der Waals surface area contributed by atoms with Crippen molar-refractivity contribution in [3.63, 3.8) is 0 Å². The largest absolute Gasteiger partial charge is 0.350 e. The van der Waals surface area contributed by atoms with E-state index < -0.39 is 0 Å². The van der Waals surface area contributed by atoms with Gasteiger partial charge in [-0.1, -0.05) is 0 Å². The van der Waals surface area contributed by atoms with E-state index in [4.69, 9.17) is 9.47 Å². The zero-order valence-corrected chi connectivity index (χ0v) is 14.7. The third kappa shape index (κ3) is 3.55. The lowest BCUT2D eigenvalue weighted by Gasteiger charge is -2.34. The van der Waals surface area contributed by atoms with Gasteiger partial charge in [0.1, 0.15) is 0 Å². The van der Waals surface area contributed by atoms with Crippen LogP contribution in [0.1, 0.15) is 36.5 Å². The van der Waals surface area contributed by atoms with Crippen molar-refractivity contribution in [2.24, 2.45) is 11.0 Å². The Morgan fingerprint density at radius 2 is 1.76 bits per heavy atom. The molecule has 0 saturated carbocycles. The summed E-state index contributed by atoms with van der Waals surface area (Å²) in [5, 5.41) is 6.50. The molecule has 3 aliphatic rings. The lowest BCUT2D eigenvalue weighted by atomic mass is 9.95. The molecule has 0 N–H and O–H groups in total. The summed E-state index contributed by atoms with van der Waals surface area (Å²) in [5.74, 6) is 0.518. The van der Waals surface area contributed by atoms with Gasteiger partial charge >= 0.3 is 0 Å².